The third-order valence-corrected chi connectivity index (χ3v) is 24.9. The second-order valence-electron chi connectivity index (χ2n) is 6.65. The van der Waals surface area contributed by atoms with Crippen LogP contribution in [0.4, 0.5) is 0 Å². The van der Waals surface area contributed by atoms with Crippen LogP contribution in [0.3, 0.4) is 0 Å². The average molecular weight is 473 g/mol. The standard InChI is InChI=1S/C7H8S.3C6H5.Sn/c1-6-4-2-3-5-7(6)8;3*1-2-4-6-5-3-1;/h2-5,8H,1H3;3*1-5H;/q;;;;+1/p-1. The molecule has 0 aliphatic heterocycles. The molecule has 0 fully saturated rings. The van der Waals surface area contributed by atoms with E-state index in [2.05, 4.69) is 131 Å². The molecule has 0 N–H and O–H groups in total. The molecule has 2 heteroatoms. The Bertz CT molecular complexity index is 901. The van der Waals surface area contributed by atoms with E-state index in [9.17, 15) is 0 Å². The monoisotopic (exact) mass is 474 g/mol. The van der Waals surface area contributed by atoms with E-state index in [0.29, 0.717) is 0 Å². The molecule has 0 amide bonds. The van der Waals surface area contributed by atoms with Crippen molar-refractivity contribution >= 4 is 36.7 Å². The molecule has 0 radical (unpaired) electrons. The van der Waals surface area contributed by atoms with Gasteiger partial charge in [0, 0.05) is 0 Å². The summed E-state index contributed by atoms with van der Waals surface area (Å²) in [5.41, 5.74) is 1.35. The summed E-state index contributed by atoms with van der Waals surface area (Å²) < 4.78 is 4.49. The summed E-state index contributed by atoms with van der Waals surface area (Å²) in [7, 11) is 2.13. The van der Waals surface area contributed by atoms with Gasteiger partial charge in [0.25, 0.3) is 0 Å². The molecule has 0 atom stereocenters. The Balaban J connectivity index is 2.02. The molecule has 4 aromatic rings. The molecule has 4 rings (SSSR count). The van der Waals surface area contributed by atoms with Gasteiger partial charge in [-0.15, -0.1) is 0 Å². The molecule has 0 nitrogen and oxygen atoms in total. The number of rotatable bonds is 5. The summed E-state index contributed by atoms with van der Waals surface area (Å²) in [4.78, 5) is 1.39. The fourth-order valence-electron chi connectivity index (χ4n) is 3.53. The third kappa shape index (κ3) is 3.71. The predicted molar refractivity (Wildman–Crippen MR) is 121 cm³/mol. The molecule has 27 heavy (non-hydrogen) atoms. The van der Waals surface area contributed by atoms with Crippen LogP contribution in [0.5, 0.6) is 0 Å². The first-order chi connectivity index (χ1) is 13.3. The summed E-state index contributed by atoms with van der Waals surface area (Å²) in [6, 6.07) is 42.3. The van der Waals surface area contributed by atoms with Crippen LogP contribution in [-0.2, 0) is 0 Å². The summed E-state index contributed by atoms with van der Waals surface area (Å²) in [6.07, 6.45) is 0. The first-order valence-electron chi connectivity index (χ1n) is 9.22. The summed E-state index contributed by atoms with van der Waals surface area (Å²) in [5.74, 6) is 0. The Morgan fingerprint density at radius 1 is 0.481 bits per heavy atom. The first-order valence-corrected chi connectivity index (χ1v) is 17.8. The van der Waals surface area contributed by atoms with Gasteiger partial charge in [-0.2, -0.15) is 0 Å². The summed E-state index contributed by atoms with van der Waals surface area (Å²) >= 11 is -3.29. The normalized spacial score (nSPS) is 11.3. The van der Waals surface area contributed by atoms with Crippen LogP contribution >= 0.6 is 8.95 Å². The quantitative estimate of drug-likeness (QED) is 0.377. The molecule has 0 heterocycles. The van der Waals surface area contributed by atoms with Gasteiger partial charge in [0.15, 0.2) is 0 Å². The van der Waals surface area contributed by atoms with E-state index in [4.69, 9.17) is 0 Å². The van der Waals surface area contributed by atoms with E-state index in [-0.39, 0.29) is 0 Å². The molecule has 0 aromatic heterocycles. The van der Waals surface area contributed by atoms with Gasteiger partial charge in [0.2, 0.25) is 0 Å². The SMILES string of the molecule is Cc1ccccc1[S][Sn]([c]1ccccc1)([c]1ccccc1)[c]1ccccc1. The van der Waals surface area contributed by atoms with E-state index in [1.807, 2.05) is 0 Å². The Labute approximate surface area is 168 Å². The third-order valence-electron chi connectivity index (χ3n) is 4.90. The van der Waals surface area contributed by atoms with Crippen molar-refractivity contribution in [1.82, 2.24) is 0 Å². The van der Waals surface area contributed by atoms with E-state index in [0.717, 1.165) is 0 Å². The molecule has 0 saturated heterocycles. The van der Waals surface area contributed by atoms with Crippen molar-refractivity contribution < 1.29 is 0 Å². The second-order valence-corrected chi connectivity index (χ2v) is 22.0. The summed E-state index contributed by atoms with van der Waals surface area (Å²) in [6.45, 7) is 2.22. The fourth-order valence-corrected chi connectivity index (χ4v) is 23.7. The number of benzene rings is 4. The van der Waals surface area contributed by atoms with Crippen molar-refractivity contribution in [2.24, 2.45) is 0 Å². The Hall–Kier alpha value is -1.97. The van der Waals surface area contributed by atoms with Crippen LogP contribution < -0.4 is 10.7 Å². The van der Waals surface area contributed by atoms with Crippen molar-refractivity contribution in [3.63, 3.8) is 0 Å². The molecule has 0 saturated carbocycles. The van der Waals surface area contributed by atoms with Crippen molar-refractivity contribution in [1.29, 1.82) is 0 Å². The van der Waals surface area contributed by atoms with Gasteiger partial charge < -0.3 is 0 Å². The molecule has 0 aliphatic rings. The van der Waals surface area contributed by atoms with E-state index in [1.54, 1.807) is 0 Å². The number of aryl methyl sites for hydroxylation is 1. The van der Waals surface area contributed by atoms with Crippen LogP contribution in [-0.4, -0.2) is 17.0 Å². The van der Waals surface area contributed by atoms with E-state index < -0.39 is 17.0 Å². The molecule has 0 aliphatic carbocycles. The fraction of sp³-hybridized carbons (Fsp3) is 0.0400. The molecule has 132 valence electrons. The van der Waals surface area contributed by atoms with Crippen LogP contribution in [0.15, 0.2) is 120 Å². The maximum absolute atomic E-state index is 3.29. The van der Waals surface area contributed by atoms with Crippen LogP contribution in [0, 0.1) is 6.92 Å². The molecule has 0 bridgehead atoms. The minimum atomic E-state index is -3.29. The molecule has 0 unspecified atom stereocenters. The zero-order chi connectivity index (χ0) is 18.5. The summed E-state index contributed by atoms with van der Waals surface area (Å²) in [5, 5.41) is 0. The van der Waals surface area contributed by atoms with Gasteiger partial charge in [-0.25, -0.2) is 0 Å². The van der Waals surface area contributed by atoms with Gasteiger partial charge in [-0.1, -0.05) is 0 Å². The topological polar surface area (TPSA) is 0 Å². The van der Waals surface area contributed by atoms with Crippen molar-refractivity contribution in [2.45, 2.75) is 11.8 Å². The van der Waals surface area contributed by atoms with Crippen molar-refractivity contribution in [3.8, 4) is 0 Å². The minimum absolute atomic E-state index is 1.35. The zero-order valence-electron chi connectivity index (χ0n) is 15.4. The Morgan fingerprint density at radius 2 is 0.852 bits per heavy atom. The van der Waals surface area contributed by atoms with Gasteiger partial charge in [-0.3, -0.25) is 0 Å². The zero-order valence-corrected chi connectivity index (χ0v) is 19.0. The van der Waals surface area contributed by atoms with Gasteiger partial charge in [0.1, 0.15) is 0 Å². The van der Waals surface area contributed by atoms with Gasteiger partial charge >= 0.3 is 169 Å². The van der Waals surface area contributed by atoms with Gasteiger partial charge in [-0.05, 0) is 0 Å². The molecular weight excluding hydrogens is 451 g/mol. The van der Waals surface area contributed by atoms with Crippen molar-refractivity contribution in [3.05, 3.63) is 121 Å². The van der Waals surface area contributed by atoms with E-state index >= 15 is 0 Å². The number of hydrogen-bond donors (Lipinski definition) is 0. The van der Waals surface area contributed by atoms with Gasteiger partial charge in [0.05, 0.1) is 0 Å². The van der Waals surface area contributed by atoms with Crippen LogP contribution in [0.2, 0.25) is 0 Å². The first kappa shape index (κ1) is 18.4. The van der Waals surface area contributed by atoms with Crippen molar-refractivity contribution in [2.75, 3.05) is 0 Å². The Morgan fingerprint density at radius 3 is 1.26 bits per heavy atom. The second kappa shape index (κ2) is 8.37. The van der Waals surface area contributed by atoms with Crippen LogP contribution in [0.1, 0.15) is 5.56 Å². The molecule has 4 aromatic carbocycles. The van der Waals surface area contributed by atoms with E-state index in [1.165, 1.54) is 21.2 Å². The molecular formula is C25H22SSn. The van der Waals surface area contributed by atoms with Crippen LogP contribution in [0.25, 0.3) is 0 Å². The average Bonchev–Trinajstić information content (AvgIpc) is 2.75. The maximum atomic E-state index is 2.33. The predicted octanol–water partition coefficient (Wildman–Crippen LogP) is 4.75. The number of hydrogen-bond acceptors (Lipinski definition) is 1. The Kier molecular flexibility index (Phi) is 5.70. The molecule has 0 spiro atoms.